The van der Waals surface area contributed by atoms with Crippen molar-refractivity contribution in [2.45, 2.75) is 64.3 Å². The number of hydrogen-bond acceptors (Lipinski definition) is 6. The van der Waals surface area contributed by atoms with Gasteiger partial charge in [-0.05, 0) is 82.0 Å². The van der Waals surface area contributed by atoms with Gasteiger partial charge in [-0.3, -0.25) is 4.68 Å². The normalized spacial score (nSPS) is 17.0. The topological polar surface area (TPSA) is 81.5 Å². The standard InChI is InChI=1S/C37H41N5O3/c1-25-23-28(39-36(43)45-37(2,3)4)20-22-42(25)29-18-19-30-32(24-29)41(5)40-33(30)31-17-12-21-38-35(31)44-34(26-13-8-6-9-14-26)27-15-10-7-11-16-27/h6-19,21,24-25,28,34H,20,22-23H2,1-5H3,(H,39,43)/t25-,28-/m1/s1. The highest BCUT2D eigenvalue weighted by molar-refractivity contribution is 5.96. The molecule has 5 aromatic rings. The largest absolute Gasteiger partial charge is 0.464 e. The molecule has 2 atom stereocenters. The fourth-order valence-corrected chi connectivity index (χ4v) is 6.15. The highest BCUT2D eigenvalue weighted by Crippen LogP contribution is 2.38. The Bertz CT molecular complexity index is 1720. The molecule has 1 aliphatic rings. The molecule has 232 valence electrons. The molecule has 1 N–H and O–H groups in total. The van der Waals surface area contributed by atoms with Crippen molar-refractivity contribution in [3.05, 3.63) is 108 Å². The zero-order valence-corrected chi connectivity index (χ0v) is 26.6. The minimum Gasteiger partial charge on any atom is -0.464 e. The number of ether oxygens (including phenoxy) is 2. The summed E-state index contributed by atoms with van der Waals surface area (Å²) in [4.78, 5) is 19.4. The zero-order chi connectivity index (χ0) is 31.6. The van der Waals surface area contributed by atoms with Crippen LogP contribution in [0.1, 0.15) is 57.8 Å². The van der Waals surface area contributed by atoms with Crippen molar-refractivity contribution in [1.29, 1.82) is 0 Å². The van der Waals surface area contributed by atoms with Gasteiger partial charge in [0.2, 0.25) is 5.88 Å². The van der Waals surface area contributed by atoms with Gasteiger partial charge in [0, 0.05) is 42.9 Å². The molecular formula is C37H41N5O3. The number of rotatable bonds is 7. The molecule has 0 radical (unpaired) electrons. The van der Waals surface area contributed by atoms with Crippen LogP contribution in [-0.2, 0) is 11.8 Å². The van der Waals surface area contributed by atoms with Gasteiger partial charge in [0.25, 0.3) is 0 Å². The first-order valence-electron chi connectivity index (χ1n) is 15.6. The maximum absolute atomic E-state index is 12.3. The lowest BCUT2D eigenvalue weighted by Crippen LogP contribution is -2.49. The first-order chi connectivity index (χ1) is 21.7. The van der Waals surface area contributed by atoms with Crippen molar-refractivity contribution in [2.75, 3.05) is 11.4 Å². The highest BCUT2D eigenvalue weighted by atomic mass is 16.6. The van der Waals surface area contributed by atoms with Crippen molar-refractivity contribution >= 4 is 22.7 Å². The predicted molar refractivity (Wildman–Crippen MR) is 178 cm³/mol. The van der Waals surface area contributed by atoms with Crippen molar-refractivity contribution in [3.8, 4) is 17.1 Å². The van der Waals surface area contributed by atoms with Crippen LogP contribution in [0.15, 0.2) is 97.2 Å². The smallest absolute Gasteiger partial charge is 0.407 e. The minimum absolute atomic E-state index is 0.0812. The molecule has 0 aliphatic carbocycles. The summed E-state index contributed by atoms with van der Waals surface area (Å²) in [6, 6.07) is 31.2. The van der Waals surface area contributed by atoms with Crippen LogP contribution in [0.3, 0.4) is 0 Å². The van der Waals surface area contributed by atoms with Gasteiger partial charge in [-0.1, -0.05) is 60.7 Å². The van der Waals surface area contributed by atoms with Gasteiger partial charge in [-0.25, -0.2) is 9.78 Å². The Labute approximate surface area is 265 Å². The van der Waals surface area contributed by atoms with E-state index in [0.717, 1.165) is 58.4 Å². The van der Waals surface area contributed by atoms with E-state index in [1.54, 1.807) is 6.20 Å². The van der Waals surface area contributed by atoms with Crippen LogP contribution in [0.25, 0.3) is 22.2 Å². The van der Waals surface area contributed by atoms with Crippen LogP contribution >= 0.6 is 0 Å². The molecule has 0 bridgehead atoms. The van der Waals surface area contributed by atoms with Gasteiger partial charge in [-0.2, -0.15) is 5.10 Å². The molecule has 1 fully saturated rings. The number of hydrogen-bond donors (Lipinski definition) is 1. The molecular weight excluding hydrogens is 562 g/mol. The summed E-state index contributed by atoms with van der Waals surface area (Å²) < 4.78 is 14.1. The average molecular weight is 604 g/mol. The number of piperidine rings is 1. The maximum Gasteiger partial charge on any atom is 0.407 e. The summed E-state index contributed by atoms with van der Waals surface area (Å²) in [5, 5.41) is 9.06. The number of aryl methyl sites for hydroxylation is 1. The Balaban J connectivity index is 1.26. The number of nitrogens with one attached hydrogen (secondary N) is 1. The third-order valence-corrected chi connectivity index (χ3v) is 8.22. The van der Waals surface area contributed by atoms with E-state index >= 15 is 0 Å². The second-order valence-electron chi connectivity index (χ2n) is 12.8. The summed E-state index contributed by atoms with van der Waals surface area (Å²) in [6.45, 7) is 8.68. The van der Waals surface area contributed by atoms with Gasteiger partial charge in [-0.15, -0.1) is 0 Å². The number of alkyl carbamates (subject to hydrolysis) is 1. The Kier molecular flexibility index (Phi) is 8.48. The lowest BCUT2D eigenvalue weighted by Gasteiger charge is -2.39. The third kappa shape index (κ3) is 6.80. The molecule has 1 aliphatic heterocycles. The molecule has 3 heterocycles. The van der Waals surface area contributed by atoms with Crippen LogP contribution in [-0.4, -0.2) is 45.1 Å². The fraction of sp³-hybridized carbons (Fsp3) is 0.324. The van der Waals surface area contributed by atoms with Gasteiger partial charge in [0.1, 0.15) is 11.3 Å². The van der Waals surface area contributed by atoms with Gasteiger partial charge in [0.15, 0.2) is 6.10 Å². The SMILES string of the molecule is C[C@@H]1C[C@H](NC(=O)OC(C)(C)C)CCN1c1ccc2c(-c3cccnc3OC(c3ccccc3)c3ccccc3)nn(C)c2c1. The molecule has 1 amide bonds. The van der Waals surface area contributed by atoms with Crippen molar-refractivity contribution in [3.63, 3.8) is 0 Å². The van der Waals surface area contributed by atoms with Crippen molar-refractivity contribution in [2.24, 2.45) is 7.05 Å². The van der Waals surface area contributed by atoms with E-state index in [1.807, 2.05) is 81.0 Å². The number of pyridine rings is 1. The second kappa shape index (κ2) is 12.6. The molecule has 8 heteroatoms. The summed E-state index contributed by atoms with van der Waals surface area (Å²) in [5.74, 6) is 0.535. The van der Waals surface area contributed by atoms with Crippen molar-refractivity contribution in [1.82, 2.24) is 20.1 Å². The first kappa shape index (κ1) is 30.2. The van der Waals surface area contributed by atoms with E-state index in [9.17, 15) is 4.79 Å². The van der Waals surface area contributed by atoms with E-state index < -0.39 is 5.60 Å². The Hall–Kier alpha value is -4.85. The summed E-state index contributed by atoms with van der Waals surface area (Å²) >= 11 is 0. The zero-order valence-electron chi connectivity index (χ0n) is 26.6. The molecule has 6 rings (SSSR count). The summed E-state index contributed by atoms with van der Waals surface area (Å²) in [7, 11) is 1.98. The first-order valence-corrected chi connectivity index (χ1v) is 15.6. The number of carbonyl (C=O) groups is 1. The minimum atomic E-state index is -0.512. The molecule has 2 aromatic heterocycles. The van der Waals surface area contributed by atoms with E-state index in [1.165, 1.54) is 0 Å². The molecule has 45 heavy (non-hydrogen) atoms. The lowest BCUT2D eigenvalue weighted by atomic mass is 9.97. The molecule has 0 unspecified atom stereocenters. The molecule has 8 nitrogen and oxygen atoms in total. The molecule has 0 spiro atoms. The number of nitrogens with zero attached hydrogens (tertiary/aromatic N) is 4. The van der Waals surface area contributed by atoms with E-state index in [4.69, 9.17) is 19.6 Å². The fourth-order valence-electron chi connectivity index (χ4n) is 6.15. The second-order valence-corrected chi connectivity index (χ2v) is 12.8. The van der Waals surface area contributed by atoms with E-state index in [-0.39, 0.29) is 24.3 Å². The Morgan fingerprint density at radius 2 is 1.64 bits per heavy atom. The third-order valence-electron chi connectivity index (χ3n) is 8.22. The van der Waals surface area contributed by atoms with E-state index in [2.05, 4.69) is 59.6 Å². The maximum atomic E-state index is 12.3. The highest BCUT2D eigenvalue weighted by Gasteiger charge is 2.29. The predicted octanol–water partition coefficient (Wildman–Crippen LogP) is 7.69. The number of aromatic nitrogens is 3. The number of benzene rings is 3. The number of amides is 1. The van der Waals surface area contributed by atoms with Crippen LogP contribution in [0, 0.1) is 0 Å². The Morgan fingerprint density at radius 3 is 2.29 bits per heavy atom. The quantitative estimate of drug-likeness (QED) is 0.205. The van der Waals surface area contributed by atoms with Gasteiger partial charge in [0.05, 0.1) is 11.1 Å². The van der Waals surface area contributed by atoms with Crippen LogP contribution in [0.2, 0.25) is 0 Å². The summed E-state index contributed by atoms with van der Waals surface area (Å²) in [5.41, 5.74) is 5.43. The molecule has 3 aromatic carbocycles. The lowest BCUT2D eigenvalue weighted by molar-refractivity contribution is 0.0494. The number of carbonyl (C=O) groups excluding carboxylic acids is 1. The van der Waals surface area contributed by atoms with Crippen LogP contribution in [0.5, 0.6) is 5.88 Å². The average Bonchev–Trinajstić information content (AvgIpc) is 3.35. The Morgan fingerprint density at radius 1 is 0.956 bits per heavy atom. The van der Waals surface area contributed by atoms with Crippen LogP contribution < -0.4 is 15.0 Å². The molecule has 0 saturated carbocycles. The monoisotopic (exact) mass is 603 g/mol. The van der Waals surface area contributed by atoms with Crippen molar-refractivity contribution < 1.29 is 14.3 Å². The number of fused-ring (bicyclic) bond motifs is 1. The van der Waals surface area contributed by atoms with Gasteiger partial charge >= 0.3 is 6.09 Å². The van der Waals surface area contributed by atoms with E-state index in [0.29, 0.717) is 5.88 Å². The number of anilines is 1. The summed E-state index contributed by atoms with van der Waals surface area (Å²) in [6.07, 6.45) is 2.77. The molecule has 1 saturated heterocycles. The van der Waals surface area contributed by atoms with Crippen LogP contribution in [0.4, 0.5) is 10.5 Å². The van der Waals surface area contributed by atoms with Gasteiger partial charge < -0.3 is 19.7 Å².